The van der Waals surface area contributed by atoms with E-state index in [-0.39, 0.29) is 11.9 Å². The molecule has 0 spiro atoms. The third kappa shape index (κ3) is 2.62. The van der Waals surface area contributed by atoms with E-state index in [0.717, 1.165) is 36.5 Å². The first kappa shape index (κ1) is 14.7. The van der Waals surface area contributed by atoms with Crippen LogP contribution in [-0.4, -0.2) is 44.0 Å². The number of hydrogen-bond acceptors (Lipinski definition) is 4. The highest BCUT2D eigenvalue weighted by atomic mass is 16.2. The molecular formula is C17H20N6O. The van der Waals surface area contributed by atoms with Crippen LogP contribution in [0.1, 0.15) is 22.6 Å². The van der Waals surface area contributed by atoms with Crippen molar-refractivity contribution in [2.75, 3.05) is 18.0 Å². The first-order valence-corrected chi connectivity index (χ1v) is 8.08. The zero-order valence-corrected chi connectivity index (χ0v) is 13.8. The molecule has 1 aliphatic heterocycles. The first-order chi connectivity index (χ1) is 11.6. The lowest BCUT2D eigenvalue weighted by atomic mass is 10.2. The fourth-order valence-electron chi connectivity index (χ4n) is 3.24. The van der Waals surface area contributed by atoms with Gasteiger partial charge >= 0.3 is 0 Å². The van der Waals surface area contributed by atoms with Crippen LogP contribution >= 0.6 is 0 Å². The van der Waals surface area contributed by atoms with Crippen molar-refractivity contribution in [1.29, 1.82) is 0 Å². The van der Waals surface area contributed by atoms with Crippen molar-refractivity contribution in [2.24, 2.45) is 7.05 Å². The molecule has 24 heavy (non-hydrogen) atoms. The zero-order chi connectivity index (χ0) is 16.7. The van der Waals surface area contributed by atoms with Crippen LogP contribution in [0.15, 0.2) is 37.1 Å². The molecule has 0 bridgehead atoms. The van der Waals surface area contributed by atoms with E-state index in [0.29, 0.717) is 5.69 Å². The Morgan fingerprint density at radius 2 is 2.25 bits per heavy atom. The van der Waals surface area contributed by atoms with Crippen LogP contribution in [0.4, 0.5) is 5.82 Å². The van der Waals surface area contributed by atoms with E-state index >= 15 is 0 Å². The molecule has 7 nitrogen and oxygen atoms in total. The van der Waals surface area contributed by atoms with Gasteiger partial charge in [-0.15, -0.1) is 0 Å². The Balaban J connectivity index is 1.50. The number of anilines is 1. The van der Waals surface area contributed by atoms with E-state index in [2.05, 4.69) is 25.7 Å². The van der Waals surface area contributed by atoms with Gasteiger partial charge in [-0.3, -0.25) is 4.79 Å². The van der Waals surface area contributed by atoms with Crippen LogP contribution in [0.5, 0.6) is 0 Å². The van der Waals surface area contributed by atoms with Crippen LogP contribution in [0, 0.1) is 6.92 Å². The van der Waals surface area contributed by atoms with E-state index in [1.807, 2.05) is 32.4 Å². The summed E-state index contributed by atoms with van der Waals surface area (Å²) in [6.45, 7) is 3.64. The summed E-state index contributed by atoms with van der Waals surface area (Å²) in [4.78, 5) is 23.3. The van der Waals surface area contributed by atoms with Crippen molar-refractivity contribution >= 4 is 17.2 Å². The van der Waals surface area contributed by atoms with Gasteiger partial charge in [-0.1, -0.05) is 0 Å². The Kier molecular flexibility index (Phi) is 3.48. The van der Waals surface area contributed by atoms with Crippen LogP contribution in [0.2, 0.25) is 0 Å². The topological polar surface area (TPSA) is 67.5 Å². The molecule has 1 saturated heterocycles. The number of nitrogens with zero attached hydrogens (tertiary/aromatic N) is 5. The minimum atomic E-state index is -0.118. The molecule has 1 aliphatic rings. The van der Waals surface area contributed by atoms with Gasteiger partial charge in [0.1, 0.15) is 5.69 Å². The number of aromatic nitrogens is 4. The molecule has 124 valence electrons. The monoisotopic (exact) mass is 324 g/mol. The quantitative estimate of drug-likeness (QED) is 0.790. The first-order valence-electron chi connectivity index (χ1n) is 8.08. The average Bonchev–Trinajstić information content (AvgIpc) is 3.26. The SMILES string of the molecule is Cc1cn2cccc2c(N2CCC(NC(=O)c3cn(C)cn3)C2)n1. The van der Waals surface area contributed by atoms with Gasteiger partial charge in [-0.05, 0) is 25.5 Å². The Morgan fingerprint density at radius 3 is 3.04 bits per heavy atom. The number of fused-ring (bicyclic) bond motifs is 1. The molecule has 1 atom stereocenters. The van der Waals surface area contributed by atoms with Crippen LogP contribution in [0.25, 0.3) is 5.52 Å². The fraction of sp³-hybridized carbons (Fsp3) is 0.353. The van der Waals surface area contributed by atoms with Gasteiger partial charge in [0.2, 0.25) is 0 Å². The van der Waals surface area contributed by atoms with Gasteiger partial charge < -0.3 is 19.2 Å². The average molecular weight is 324 g/mol. The third-order valence-corrected chi connectivity index (χ3v) is 4.38. The molecule has 4 rings (SSSR count). The van der Waals surface area contributed by atoms with Crippen LogP contribution in [-0.2, 0) is 7.05 Å². The summed E-state index contributed by atoms with van der Waals surface area (Å²) in [7, 11) is 1.85. The number of carbonyl (C=O) groups is 1. The molecule has 1 amide bonds. The summed E-state index contributed by atoms with van der Waals surface area (Å²) in [6.07, 6.45) is 8.32. The van der Waals surface area contributed by atoms with Crippen LogP contribution < -0.4 is 10.2 Å². The van der Waals surface area contributed by atoms with Crippen molar-refractivity contribution in [3.05, 3.63) is 48.4 Å². The largest absolute Gasteiger partial charge is 0.353 e. The molecule has 4 heterocycles. The van der Waals surface area contributed by atoms with Crippen molar-refractivity contribution < 1.29 is 4.79 Å². The summed E-state index contributed by atoms with van der Waals surface area (Å²) in [5, 5.41) is 3.07. The minimum Gasteiger partial charge on any atom is -0.353 e. The molecule has 7 heteroatoms. The van der Waals surface area contributed by atoms with Crippen molar-refractivity contribution in [3.63, 3.8) is 0 Å². The highest BCUT2D eigenvalue weighted by Gasteiger charge is 2.27. The number of nitrogens with one attached hydrogen (secondary N) is 1. The number of imidazole rings is 1. The smallest absolute Gasteiger partial charge is 0.271 e. The van der Waals surface area contributed by atoms with Gasteiger partial charge in [-0.25, -0.2) is 9.97 Å². The maximum atomic E-state index is 12.3. The maximum absolute atomic E-state index is 12.3. The van der Waals surface area contributed by atoms with Crippen LogP contribution in [0.3, 0.4) is 0 Å². The molecule has 0 aromatic carbocycles. The Bertz CT molecular complexity index is 896. The van der Waals surface area contributed by atoms with Gasteiger partial charge in [-0.2, -0.15) is 0 Å². The second-order valence-electron chi connectivity index (χ2n) is 6.34. The Hall–Kier alpha value is -2.83. The van der Waals surface area contributed by atoms with Gasteiger partial charge in [0.15, 0.2) is 5.82 Å². The summed E-state index contributed by atoms with van der Waals surface area (Å²) in [6, 6.07) is 4.20. The second kappa shape index (κ2) is 5.67. The number of hydrogen-bond donors (Lipinski definition) is 1. The molecule has 0 aliphatic carbocycles. The lowest BCUT2D eigenvalue weighted by molar-refractivity contribution is 0.0935. The molecular weight excluding hydrogens is 304 g/mol. The molecule has 1 fully saturated rings. The van der Waals surface area contributed by atoms with E-state index in [1.54, 1.807) is 17.1 Å². The van der Waals surface area contributed by atoms with Gasteiger partial charge in [0.25, 0.3) is 5.91 Å². The summed E-state index contributed by atoms with van der Waals surface area (Å²) in [5.41, 5.74) is 2.53. The predicted octanol–water partition coefficient (Wildman–Crippen LogP) is 1.38. The fourth-order valence-corrected chi connectivity index (χ4v) is 3.24. The highest BCUT2D eigenvalue weighted by Crippen LogP contribution is 2.24. The number of carbonyl (C=O) groups excluding carboxylic acids is 1. The number of rotatable bonds is 3. The maximum Gasteiger partial charge on any atom is 0.271 e. The third-order valence-electron chi connectivity index (χ3n) is 4.38. The molecule has 0 saturated carbocycles. The van der Waals surface area contributed by atoms with E-state index in [4.69, 9.17) is 4.98 Å². The van der Waals surface area contributed by atoms with Crippen molar-refractivity contribution in [1.82, 2.24) is 24.3 Å². The van der Waals surface area contributed by atoms with Gasteiger partial charge in [0, 0.05) is 44.8 Å². The number of aryl methyl sites for hydroxylation is 2. The summed E-state index contributed by atoms with van der Waals surface area (Å²) >= 11 is 0. The van der Waals surface area contributed by atoms with E-state index in [9.17, 15) is 4.79 Å². The molecule has 0 radical (unpaired) electrons. The van der Waals surface area contributed by atoms with Crippen molar-refractivity contribution in [3.8, 4) is 0 Å². The van der Waals surface area contributed by atoms with E-state index < -0.39 is 0 Å². The lowest BCUT2D eigenvalue weighted by Gasteiger charge is -2.19. The second-order valence-corrected chi connectivity index (χ2v) is 6.34. The van der Waals surface area contributed by atoms with Gasteiger partial charge in [0.05, 0.1) is 17.5 Å². The molecule has 3 aromatic heterocycles. The zero-order valence-electron chi connectivity index (χ0n) is 13.8. The van der Waals surface area contributed by atoms with Crippen molar-refractivity contribution in [2.45, 2.75) is 19.4 Å². The normalized spacial score (nSPS) is 17.6. The Morgan fingerprint density at radius 1 is 1.38 bits per heavy atom. The molecule has 1 N–H and O–H groups in total. The lowest BCUT2D eigenvalue weighted by Crippen LogP contribution is -2.37. The molecule has 1 unspecified atom stereocenters. The standard InChI is InChI=1S/C17H20N6O/c1-12-8-22-6-3-4-15(22)16(19-12)23-7-5-13(9-23)20-17(24)14-10-21(2)11-18-14/h3-4,6,8,10-11,13H,5,7,9H2,1-2H3,(H,20,24). The highest BCUT2D eigenvalue weighted by molar-refractivity contribution is 5.92. The summed E-state index contributed by atoms with van der Waals surface area (Å²) < 4.78 is 3.87. The Labute approximate surface area is 139 Å². The molecule has 3 aromatic rings. The predicted molar refractivity (Wildman–Crippen MR) is 91.2 cm³/mol. The van der Waals surface area contributed by atoms with E-state index in [1.165, 1.54) is 0 Å². The number of amides is 1. The summed E-state index contributed by atoms with van der Waals surface area (Å²) in [5.74, 6) is 0.863. The minimum absolute atomic E-state index is 0.108.